The Morgan fingerprint density at radius 1 is 1.40 bits per heavy atom. The first-order valence-corrected chi connectivity index (χ1v) is 5.67. The summed E-state index contributed by atoms with van der Waals surface area (Å²) in [5.41, 5.74) is 5.76. The number of rotatable bonds is 5. The Hall–Kier alpha value is 0.170. The van der Waals surface area contributed by atoms with E-state index in [1.807, 2.05) is 0 Å². The molecule has 4 heteroatoms. The van der Waals surface area contributed by atoms with Crippen LogP contribution in [0.4, 0.5) is 0 Å². The molecule has 1 rings (SSSR count). The summed E-state index contributed by atoms with van der Waals surface area (Å²) in [6, 6.07) is 0.277. The molecular formula is C11H25ClN2O. The second kappa shape index (κ2) is 7.44. The maximum atomic E-state index is 5.79. The number of hydrogen-bond donors (Lipinski definition) is 1. The predicted octanol–water partition coefficient (Wildman–Crippen LogP) is 1.50. The molecule has 0 amide bonds. The Labute approximate surface area is 99.7 Å². The minimum Gasteiger partial charge on any atom is -0.377 e. The van der Waals surface area contributed by atoms with Crippen LogP contribution in [0.5, 0.6) is 0 Å². The highest BCUT2D eigenvalue weighted by atomic mass is 35.5. The highest BCUT2D eigenvalue weighted by Gasteiger charge is 2.23. The van der Waals surface area contributed by atoms with Crippen molar-refractivity contribution in [2.24, 2.45) is 11.7 Å². The van der Waals surface area contributed by atoms with Crippen LogP contribution in [0.2, 0.25) is 0 Å². The quantitative estimate of drug-likeness (QED) is 0.787. The molecule has 2 unspecified atom stereocenters. The van der Waals surface area contributed by atoms with E-state index in [0.29, 0.717) is 12.0 Å². The molecule has 0 bridgehead atoms. The largest absolute Gasteiger partial charge is 0.377 e. The molecule has 15 heavy (non-hydrogen) atoms. The van der Waals surface area contributed by atoms with Gasteiger partial charge in [-0.2, -0.15) is 0 Å². The summed E-state index contributed by atoms with van der Waals surface area (Å²) in [7, 11) is 0. The number of halogens is 1. The van der Waals surface area contributed by atoms with Gasteiger partial charge in [-0.25, -0.2) is 0 Å². The van der Waals surface area contributed by atoms with Crippen LogP contribution < -0.4 is 5.73 Å². The lowest BCUT2D eigenvalue weighted by Crippen LogP contribution is -2.34. The van der Waals surface area contributed by atoms with Crippen LogP contribution in [0, 0.1) is 5.92 Å². The molecule has 1 aliphatic heterocycles. The molecule has 1 fully saturated rings. The zero-order valence-corrected chi connectivity index (χ0v) is 10.9. The molecule has 1 saturated heterocycles. The molecule has 1 aliphatic rings. The zero-order chi connectivity index (χ0) is 10.6. The summed E-state index contributed by atoms with van der Waals surface area (Å²) in [5, 5.41) is 0. The van der Waals surface area contributed by atoms with Crippen LogP contribution in [0.25, 0.3) is 0 Å². The summed E-state index contributed by atoms with van der Waals surface area (Å²) >= 11 is 0. The van der Waals surface area contributed by atoms with E-state index in [1.54, 1.807) is 0 Å². The Balaban J connectivity index is 0.00000196. The zero-order valence-electron chi connectivity index (χ0n) is 10.1. The second-order valence-electron chi connectivity index (χ2n) is 4.87. The summed E-state index contributed by atoms with van der Waals surface area (Å²) in [4.78, 5) is 2.40. The minimum absolute atomic E-state index is 0. The summed E-state index contributed by atoms with van der Waals surface area (Å²) in [6.45, 7) is 10.5. The van der Waals surface area contributed by atoms with Gasteiger partial charge in [0.2, 0.25) is 0 Å². The maximum Gasteiger partial charge on any atom is 0.0714 e. The first-order chi connectivity index (χ1) is 6.58. The average Bonchev–Trinajstić information content (AvgIpc) is 2.47. The molecule has 0 radical (unpaired) electrons. The first-order valence-electron chi connectivity index (χ1n) is 5.67. The molecule has 92 valence electrons. The van der Waals surface area contributed by atoms with Crippen LogP contribution in [0.15, 0.2) is 0 Å². The first kappa shape index (κ1) is 15.2. The predicted molar refractivity (Wildman–Crippen MR) is 66.5 cm³/mol. The number of likely N-dealkylation sites (tertiary alicyclic amines) is 1. The molecule has 0 aromatic carbocycles. The second-order valence-corrected chi connectivity index (χ2v) is 4.87. The van der Waals surface area contributed by atoms with Gasteiger partial charge in [0.05, 0.1) is 6.10 Å². The van der Waals surface area contributed by atoms with Gasteiger partial charge < -0.3 is 10.5 Å². The molecule has 1 heterocycles. The number of nitrogens with two attached hydrogens (primary N) is 1. The lowest BCUT2D eigenvalue weighted by molar-refractivity contribution is 0.0415. The van der Waals surface area contributed by atoms with E-state index < -0.39 is 0 Å². The summed E-state index contributed by atoms with van der Waals surface area (Å²) in [6.07, 6.45) is 1.61. The Bertz CT molecular complexity index is 165. The van der Waals surface area contributed by atoms with E-state index in [0.717, 1.165) is 26.2 Å². The van der Waals surface area contributed by atoms with E-state index in [-0.39, 0.29) is 18.4 Å². The lowest BCUT2D eigenvalue weighted by atomic mass is 10.2. The normalized spacial score (nSPS) is 24.2. The van der Waals surface area contributed by atoms with Crippen LogP contribution >= 0.6 is 12.4 Å². The van der Waals surface area contributed by atoms with Gasteiger partial charge in [-0.1, -0.05) is 13.8 Å². The van der Waals surface area contributed by atoms with Crippen LogP contribution in [-0.2, 0) is 4.74 Å². The van der Waals surface area contributed by atoms with Crippen LogP contribution in [0.1, 0.15) is 27.2 Å². The monoisotopic (exact) mass is 236 g/mol. The fourth-order valence-electron chi connectivity index (χ4n) is 1.83. The topological polar surface area (TPSA) is 38.5 Å². The third kappa shape index (κ3) is 6.36. The standard InChI is InChI=1S/C11H24N2O.ClH/c1-9(2)8-14-11-4-5-13(7-11)6-10(3)12;/h9-11H,4-8,12H2,1-3H3;1H. The van der Waals surface area contributed by atoms with Crippen LogP contribution in [-0.4, -0.2) is 43.3 Å². The molecule has 0 aromatic rings. The lowest BCUT2D eigenvalue weighted by Gasteiger charge is -2.18. The SMILES string of the molecule is CC(C)COC1CCN(CC(C)N)C1.Cl. The van der Waals surface area contributed by atoms with Gasteiger partial charge in [-0.05, 0) is 19.3 Å². The van der Waals surface area contributed by atoms with Gasteiger partial charge in [0.15, 0.2) is 0 Å². The molecule has 0 saturated carbocycles. The van der Waals surface area contributed by atoms with E-state index in [1.165, 1.54) is 6.42 Å². The Morgan fingerprint density at radius 3 is 2.60 bits per heavy atom. The smallest absolute Gasteiger partial charge is 0.0714 e. The van der Waals surface area contributed by atoms with Gasteiger partial charge in [0, 0.05) is 32.3 Å². The van der Waals surface area contributed by atoms with Crippen molar-refractivity contribution in [3.8, 4) is 0 Å². The molecule has 2 atom stereocenters. The van der Waals surface area contributed by atoms with E-state index >= 15 is 0 Å². The highest BCUT2D eigenvalue weighted by molar-refractivity contribution is 5.85. The molecule has 2 N–H and O–H groups in total. The van der Waals surface area contributed by atoms with Crippen molar-refractivity contribution in [1.29, 1.82) is 0 Å². The average molecular weight is 237 g/mol. The van der Waals surface area contributed by atoms with Gasteiger partial charge in [0.25, 0.3) is 0 Å². The molecule has 0 spiro atoms. The van der Waals surface area contributed by atoms with Gasteiger partial charge >= 0.3 is 0 Å². The van der Waals surface area contributed by atoms with Crippen molar-refractivity contribution in [2.75, 3.05) is 26.2 Å². The Morgan fingerprint density at radius 2 is 2.07 bits per heavy atom. The third-order valence-corrected chi connectivity index (χ3v) is 2.44. The van der Waals surface area contributed by atoms with Gasteiger partial charge in [0.1, 0.15) is 0 Å². The van der Waals surface area contributed by atoms with E-state index in [4.69, 9.17) is 10.5 Å². The molecule has 0 aromatic heterocycles. The highest BCUT2D eigenvalue weighted by Crippen LogP contribution is 2.13. The fourth-order valence-corrected chi connectivity index (χ4v) is 1.83. The molecular weight excluding hydrogens is 212 g/mol. The third-order valence-electron chi connectivity index (χ3n) is 2.44. The van der Waals surface area contributed by atoms with Crippen molar-refractivity contribution in [1.82, 2.24) is 4.90 Å². The van der Waals surface area contributed by atoms with Crippen molar-refractivity contribution in [2.45, 2.75) is 39.3 Å². The van der Waals surface area contributed by atoms with E-state index in [9.17, 15) is 0 Å². The van der Waals surface area contributed by atoms with E-state index in [2.05, 4.69) is 25.7 Å². The minimum atomic E-state index is 0. The summed E-state index contributed by atoms with van der Waals surface area (Å²) in [5.74, 6) is 0.637. The van der Waals surface area contributed by atoms with Crippen molar-refractivity contribution in [3.63, 3.8) is 0 Å². The van der Waals surface area contributed by atoms with Gasteiger partial charge in [-0.15, -0.1) is 12.4 Å². The number of hydrogen-bond acceptors (Lipinski definition) is 3. The Kier molecular flexibility index (Phi) is 7.53. The van der Waals surface area contributed by atoms with Crippen LogP contribution in [0.3, 0.4) is 0 Å². The number of nitrogens with zero attached hydrogens (tertiary/aromatic N) is 1. The molecule has 0 aliphatic carbocycles. The summed E-state index contributed by atoms with van der Waals surface area (Å²) < 4.78 is 5.79. The molecule has 3 nitrogen and oxygen atoms in total. The van der Waals surface area contributed by atoms with Crippen molar-refractivity contribution in [3.05, 3.63) is 0 Å². The van der Waals surface area contributed by atoms with Crippen molar-refractivity contribution < 1.29 is 4.74 Å². The van der Waals surface area contributed by atoms with Gasteiger partial charge in [-0.3, -0.25) is 4.90 Å². The number of ether oxygens (including phenoxy) is 1. The van der Waals surface area contributed by atoms with Crippen molar-refractivity contribution >= 4 is 12.4 Å². The maximum absolute atomic E-state index is 5.79. The fraction of sp³-hybridized carbons (Fsp3) is 1.00.